The van der Waals surface area contributed by atoms with Gasteiger partial charge in [0.05, 0.1) is 22.2 Å². The summed E-state index contributed by atoms with van der Waals surface area (Å²) in [6.45, 7) is 5.26. The minimum absolute atomic E-state index is 0.0790. The molecule has 2 heterocycles. The number of thiophene rings is 1. The van der Waals surface area contributed by atoms with Crippen LogP contribution < -0.4 is 10.1 Å². The molecule has 3 rings (SSSR count). The number of benzene rings is 1. The van der Waals surface area contributed by atoms with Crippen LogP contribution in [0.2, 0.25) is 0 Å². The number of thiazole rings is 1. The van der Waals surface area contributed by atoms with E-state index in [0.717, 1.165) is 28.4 Å². The molecule has 0 aliphatic heterocycles. The number of nitrogens with one attached hydrogen (secondary N) is 1. The highest BCUT2D eigenvalue weighted by Gasteiger charge is 2.07. The van der Waals surface area contributed by atoms with E-state index in [2.05, 4.69) is 27.8 Å². The zero-order chi connectivity index (χ0) is 19.1. The van der Waals surface area contributed by atoms with Crippen LogP contribution in [0.3, 0.4) is 0 Å². The van der Waals surface area contributed by atoms with E-state index in [9.17, 15) is 4.79 Å². The SMILES string of the molecule is Cc1nc(-c2ccc(CCNC(=O)CCCOc3ccccc3C)s2)cs1. The maximum atomic E-state index is 12.0. The van der Waals surface area contributed by atoms with Gasteiger partial charge in [-0.05, 0) is 50.5 Å². The third kappa shape index (κ3) is 5.91. The highest BCUT2D eigenvalue weighted by atomic mass is 32.1. The highest BCUT2D eigenvalue weighted by molar-refractivity contribution is 7.16. The highest BCUT2D eigenvalue weighted by Crippen LogP contribution is 2.29. The monoisotopic (exact) mass is 400 g/mol. The lowest BCUT2D eigenvalue weighted by Crippen LogP contribution is -2.25. The smallest absolute Gasteiger partial charge is 0.220 e. The Balaban J connectivity index is 1.33. The predicted molar refractivity (Wildman–Crippen MR) is 113 cm³/mol. The fraction of sp³-hybridized carbons (Fsp3) is 0.333. The van der Waals surface area contributed by atoms with E-state index >= 15 is 0 Å². The second-order valence-electron chi connectivity index (χ2n) is 6.34. The number of rotatable bonds is 9. The van der Waals surface area contributed by atoms with Gasteiger partial charge in [-0.2, -0.15) is 0 Å². The van der Waals surface area contributed by atoms with Crippen LogP contribution in [-0.4, -0.2) is 24.0 Å². The van der Waals surface area contributed by atoms with Gasteiger partial charge in [-0.1, -0.05) is 18.2 Å². The van der Waals surface area contributed by atoms with E-state index < -0.39 is 0 Å². The molecule has 0 aliphatic carbocycles. The van der Waals surface area contributed by atoms with Gasteiger partial charge >= 0.3 is 0 Å². The van der Waals surface area contributed by atoms with Gasteiger partial charge < -0.3 is 10.1 Å². The third-order valence-corrected chi connectivity index (χ3v) is 6.07. The first-order valence-corrected chi connectivity index (χ1v) is 10.8. The zero-order valence-electron chi connectivity index (χ0n) is 15.7. The molecule has 1 aromatic carbocycles. The number of hydrogen-bond acceptors (Lipinski definition) is 5. The summed E-state index contributed by atoms with van der Waals surface area (Å²) in [5, 5.41) is 6.16. The third-order valence-electron chi connectivity index (χ3n) is 4.13. The van der Waals surface area contributed by atoms with Crippen LogP contribution in [0, 0.1) is 13.8 Å². The molecule has 0 radical (unpaired) electrons. The Morgan fingerprint density at radius 1 is 1.19 bits per heavy atom. The lowest BCUT2D eigenvalue weighted by atomic mass is 10.2. The minimum atomic E-state index is 0.0790. The van der Waals surface area contributed by atoms with Crippen molar-refractivity contribution in [1.29, 1.82) is 0 Å². The van der Waals surface area contributed by atoms with Crippen LogP contribution in [0.1, 0.15) is 28.3 Å². The Labute approximate surface area is 168 Å². The first-order chi connectivity index (χ1) is 13.1. The number of carbonyl (C=O) groups excluding carboxylic acids is 1. The van der Waals surface area contributed by atoms with Crippen LogP contribution >= 0.6 is 22.7 Å². The normalized spacial score (nSPS) is 10.7. The van der Waals surface area contributed by atoms with Gasteiger partial charge in [0.1, 0.15) is 5.75 Å². The largest absolute Gasteiger partial charge is 0.493 e. The summed E-state index contributed by atoms with van der Waals surface area (Å²) < 4.78 is 5.72. The van der Waals surface area contributed by atoms with Gasteiger partial charge in [-0.15, -0.1) is 22.7 Å². The Kier molecular flexibility index (Phi) is 7.01. The number of nitrogens with zero attached hydrogens (tertiary/aromatic N) is 1. The zero-order valence-corrected chi connectivity index (χ0v) is 17.3. The molecule has 0 saturated carbocycles. The average molecular weight is 401 g/mol. The van der Waals surface area contributed by atoms with Gasteiger partial charge in [-0.3, -0.25) is 4.79 Å². The predicted octanol–water partition coefficient (Wildman–Crippen LogP) is 5.01. The molecular weight excluding hydrogens is 376 g/mol. The lowest BCUT2D eigenvalue weighted by Gasteiger charge is -2.08. The van der Waals surface area contributed by atoms with E-state index in [-0.39, 0.29) is 5.91 Å². The standard InChI is InChI=1S/C21H24N2O2S2/c1-15-6-3-4-7-19(15)25-13-5-8-21(24)22-12-11-17-9-10-20(27-17)18-14-26-16(2)23-18/h3-4,6-7,9-10,14H,5,8,11-13H2,1-2H3,(H,22,24). The van der Waals surface area contributed by atoms with Crippen molar-refractivity contribution in [2.75, 3.05) is 13.2 Å². The summed E-state index contributed by atoms with van der Waals surface area (Å²) in [5.74, 6) is 0.969. The van der Waals surface area contributed by atoms with Gasteiger partial charge in [-0.25, -0.2) is 4.98 Å². The molecule has 27 heavy (non-hydrogen) atoms. The topological polar surface area (TPSA) is 51.2 Å². The van der Waals surface area contributed by atoms with Crippen LogP contribution in [0.25, 0.3) is 10.6 Å². The fourth-order valence-electron chi connectivity index (χ4n) is 2.67. The van der Waals surface area contributed by atoms with Gasteiger partial charge in [0.25, 0.3) is 0 Å². The van der Waals surface area contributed by atoms with E-state index in [1.807, 2.05) is 38.1 Å². The summed E-state index contributed by atoms with van der Waals surface area (Å²) in [7, 11) is 0. The van der Waals surface area contributed by atoms with Gasteiger partial charge in [0.2, 0.25) is 5.91 Å². The second-order valence-corrected chi connectivity index (χ2v) is 8.57. The first-order valence-electron chi connectivity index (χ1n) is 9.08. The molecule has 0 unspecified atom stereocenters. The van der Waals surface area contributed by atoms with Gasteiger partial charge in [0, 0.05) is 23.2 Å². The number of carbonyl (C=O) groups is 1. The number of ether oxygens (including phenoxy) is 1. The second kappa shape index (κ2) is 9.67. The van der Waals surface area contributed by atoms with Crippen molar-refractivity contribution in [2.45, 2.75) is 33.1 Å². The van der Waals surface area contributed by atoms with Crippen LogP contribution in [0.5, 0.6) is 5.75 Å². The number of aryl methyl sites for hydroxylation is 2. The molecule has 0 aliphatic rings. The molecule has 0 atom stereocenters. The Hall–Kier alpha value is -2.18. The molecular formula is C21H24N2O2S2. The molecule has 0 spiro atoms. The maximum absolute atomic E-state index is 12.0. The maximum Gasteiger partial charge on any atom is 0.220 e. The molecule has 3 aromatic rings. The molecule has 4 nitrogen and oxygen atoms in total. The Morgan fingerprint density at radius 3 is 2.81 bits per heavy atom. The number of amides is 1. The molecule has 0 bridgehead atoms. The molecule has 2 aromatic heterocycles. The molecule has 0 fully saturated rings. The van der Waals surface area contributed by atoms with Crippen molar-refractivity contribution in [3.05, 3.63) is 57.2 Å². The van der Waals surface area contributed by atoms with Crippen molar-refractivity contribution in [3.8, 4) is 16.3 Å². The van der Waals surface area contributed by atoms with Crippen molar-refractivity contribution >= 4 is 28.6 Å². The Morgan fingerprint density at radius 2 is 2.04 bits per heavy atom. The number of hydrogen-bond donors (Lipinski definition) is 1. The van der Waals surface area contributed by atoms with Crippen molar-refractivity contribution in [1.82, 2.24) is 10.3 Å². The quantitative estimate of drug-likeness (QED) is 0.514. The van der Waals surface area contributed by atoms with E-state index in [4.69, 9.17) is 4.74 Å². The summed E-state index contributed by atoms with van der Waals surface area (Å²) >= 11 is 3.41. The van der Waals surface area contributed by atoms with E-state index in [1.165, 1.54) is 9.75 Å². The molecule has 1 N–H and O–H groups in total. The van der Waals surface area contributed by atoms with Crippen molar-refractivity contribution < 1.29 is 9.53 Å². The van der Waals surface area contributed by atoms with Crippen LogP contribution in [0.15, 0.2) is 41.8 Å². The average Bonchev–Trinajstić information content (AvgIpc) is 3.29. The summed E-state index contributed by atoms with van der Waals surface area (Å²) in [6.07, 6.45) is 2.05. The summed E-state index contributed by atoms with van der Waals surface area (Å²) in [5.41, 5.74) is 2.16. The molecule has 0 saturated heterocycles. The van der Waals surface area contributed by atoms with Crippen LogP contribution in [-0.2, 0) is 11.2 Å². The minimum Gasteiger partial charge on any atom is -0.493 e. The fourth-order valence-corrected chi connectivity index (χ4v) is 4.33. The van der Waals surface area contributed by atoms with Crippen LogP contribution in [0.4, 0.5) is 0 Å². The van der Waals surface area contributed by atoms with E-state index in [1.54, 1.807) is 22.7 Å². The lowest BCUT2D eigenvalue weighted by molar-refractivity contribution is -0.121. The molecule has 142 valence electrons. The Bertz CT molecular complexity index is 886. The van der Waals surface area contributed by atoms with E-state index in [0.29, 0.717) is 26.0 Å². The van der Waals surface area contributed by atoms with Crippen molar-refractivity contribution in [3.63, 3.8) is 0 Å². The van der Waals surface area contributed by atoms with Crippen molar-refractivity contribution in [2.24, 2.45) is 0 Å². The van der Waals surface area contributed by atoms with Gasteiger partial charge in [0.15, 0.2) is 0 Å². The number of para-hydroxylation sites is 1. The molecule has 1 amide bonds. The summed E-state index contributed by atoms with van der Waals surface area (Å²) in [6, 6.07) is 12.2. The summed E-state index contributed by atoms with van der Waals surface area (Å²) in [4.78, 5) is 18.9. The number of aromatic nitrogens is 1. The first kappa shape index (κ1) is 19.6. The molecule has 6 heteroatoms.